The number of rotatable bonds is 4. The van der Waals surface area contributed by atoms with Crippen LogP contribution in [-0.2, 0) is 24.4 Å². The summed E-state index contributed by atoms with van der Waals surface area (Å²) in [5.74, 6) is -3.65. The van der Waals surface area contributed by atoms with E-state index in [0.29, 0.717) is 11.3 Å². The van der Waals surface area contributed by atoms with Crippen LogP contribution in [0.4, 0.5) is 11.4 Å². The van der Waals surface area contributed by atoms with Crippen molar-refractivity contribution in [3.05, 3.63) is 54.1 Å². The molecule has 1 heterocycles. The lowest BCUT2D eigenvalue weighted by molar-refractivity contribution is -0.138. The van der Waals surface area contributed by atoms with Crippen molar-refractivity contribution < 1.29 is 22.8 Å². The highest BCUT2D eigenvalue weighted by Crippen LogP contribution is 2.32. The molecule has 0 saturated carbocycles. The summed E-state index contributed by atoms with van der Waals surface area (Å²) < 4.78 is 22.4. The first-order valence-corrected chi connectivity index (χ1v) is 8.70. The highest BCUT2D eigenvalue weighted by Gasteiger charge is 2.39. The predicted molar refractivity (Wildman–Crippen MR) is 89.3 cm³/mol. The Morgan fingerprint density at radius 3 is 2.32 bits per heavy atom. The summed E-state index contributed by atoms with van der Waals surface area (Å²) in [6.45, 7) is 0. The molecule has 2 aromatic rings. The maximum absolute atomic E-state index is 12.4. The van der Waals surface area contributed by atoms with E-state index in [1.165, 1.54) is 24.3 Å². The highest BCUT2D eigenvalue weighted by molar-refractivity contribution is 7.89. The Morgan fingerprint density at radius 1 is 1.04 bits per heavy atom. The Hall–Kier alpha value is -3.04. The number of Topliss-reactive ketones (excluding diaryl/α,β-unsaturated/α-hetero) is 1. The van der Waals surface area contributed by atoms with Crippen LogP contribution < -0.4 is 15.8 Å². The first kappa shape index (κ1) is 16.8. The maximum Gasteiger partial charge on any atom is 0.292 e. The Kier molecular flexibility index (Phi) is 4.11. The number of para-hydroxylation sites is 1. The number of carbonyl (C=O) groups is 3. The molecule has 0 aromatic heterocycles. The van der Waals surface area contributed by atoms with Gasteiger partial charge in [-0.3, -0.25) is 14.4 Å². The molecule has 1 atom stereocenters. The molecular formula is C16H13N3O5S. The standard InChI is InChI=1S/C16H13N3O5S/c17-25(23,24)10-7-5-9(6-8-10)18-16(22)14(20)13-11-3-1-2-4-12(11)19-15(13)21/h1-8,13H,(H,18,22)(H,19,21)(H2,17,23,24)/t13-/m0/s1. The van der Waals surface area contributed by atoms with Gasteiger partial charge in [0, 0.05) is 11.4 Å². The van der Waals surface area contributed by atoms with Crippen molar-refractivity contribution in [2.24, 2.45) is 5.14 Å². The van der Waals surface area contributed by atoms with E-state index >= 15 is 0 Å². The van der Waals surface area contributed by atoms with Gasteiger partial charge >= 0.3 is 0 Å². The van der Waals surface area contributed by atoms with Gasteiger partial charge < -0.3 is 10.6 Å². The number of benzene rings is 2. The molecule has 0 aliphatic carbocycles. The van der Waals surface area contributed by atoms with Crippen molar-refractivity contribution in [3.63, 3.8) is 0 Å². The number of sulfonamides is 1. The van der Waals surface area contributed by atoms with Gasteiger partial charge in [0.25, 0.3) is 5.91 Å². The minimum absolute atomic E-state index is 0.124. The molecule has 3 rings (SSSR count). The predicted octanol–water partition coefficient (Wildman–Crippen LogP) is 0.577. The van der Waals surface area contributed by atoms with Crippen LogP contribution in [0.25, 0.3) is 0 Å². The Labute approximate surface area is 143 Å². The van der Waals surface area contributed by atoms with E-state index in [1.54, 1.807) is 24.3 Å². The minimum atomic E-state index is -3.85. The molecule has 9 heteroatoms. The first-order valence-electron chi connectivity index (χ1n) is 7.15. The lowest BCUT2D eigenvalue weighted by Gasteiger charge is -2.09. The third-order valence-electron chi connectivity index (χ3n) is 3.72. The van der Waals surface area contributed by atoms with Gasteiger partial charge in [-0.2, -0.15) is 0 Å². The monoisotopic (exact) mass is 359 g/mol. The lowest BCUT2D eigenvalue weighted by Crippen LogP contribution is -2.31. The van der Waals surface area contributed by atoms with Gasteiger partial charge in [0.1, 0.15) is 5.92 Å². The first-order chi connectivity index (χ1) is 11.8. The van der Waals surface area contributed by atoms with Crippen LogP contribution >= 0.6 is 0 Å². The van der Waals surface area contributed by atoms with E-state index in [4.69, 9.17) is 5.14 Å². The summed E-state index contributed by atoms with van der Waals surface area (Å²) in [5.41, 5.74) is 1.14. The fourth-order valence-electron chi connectivity index (χ4n) is 2.52. The van der Waals surface area contributed by atoms with Crippen LogP contribution in [0.15, 0.2) is 53.4 Å². The number of anilines is 2. The van der Waals surface area contributed by atoms with Crippen LogP contribution in [0.5, 0.6) is 0 Å². The van der Waals surface area contributed by atoms with Crippen LogP contribution in [-0.4, -0.2) is 26.0 Å². The van der Waals surface area contributed by atoms with E-state index in [0.717, 1.165) is 0 Å². The van der Waals surface area contributed by atoms with Crippen molar-refractivity contribution >= 4 is 39.0 Å². The molecule has 128 valence electrons. The summed E-state index contributed by atoms with van der Waals surface area (Å²) in [7, 11) is -3.85. The number of ketones is 1. The van der Waals surface area contributed by atoms with Crippen LogP contribution in [0.2, 0.25) is 0 Å². The number of primary sulfonamides is 1. The molecule has 0 radical (unpaired) electrons. The summed E-state index contributed by atoms with van der Waals surface area (Å²) >= 11 is 0. The van der Waals surface area contributed by atoms with Crippen LogP contribution in [0.3, 0.4) is 0 Å². The SMILES string of the molecule is NS(=O)(=O)c1ccc(NC(=O)C(=O)[C@H]2C(=O)Nc3ccccc32)cc1. The summed E-state index contributed by atoms with van der Waals surface area (Å²) in [5, 5.41) is 9.88. The summed E-state index contributed by atoms with van der Waals surface area (Å²) in [6.07, 6.45) is 0. The van der Waals surface area contributed by atoms with Crippen LogP contribution in [0, 0.1) is 0 Å². The highest BCUT2D eigenvalue weighted by atomic mass is 32.2. The third-order valence-corrected chi connectivity index (χ3v) is 4.65. The van der Waals surface area contributed by atoms with Gasteiger partial charge in [0.2, 0.25) is 21.7 Å². The Bertz CT molecular complexity index is 983. The van der Waals surface area contributed by atoms with E-state index in [9.17, 15) is 22.8 Å². The number of fused-ring (bicyclic) bond motifs is 1. The van der Waals surface area contributed by atoms with Gasteiger partial charge in [0.15, 0.2) is 0 Å². The fraction of sp³-hybridized carbons (Fsp3) is 0.0625. The largest absolute Gasteiger partial charge is 0.325 e. The van der Waals surface area contributed by atoms with Gasteiger partial charge in [-0.1, -0.05) is 18.2 Å². The number of hydrogen-bond acceptors (Lipinski definition) is 5. The zero-order valence-electron chi connectivity index (χ0n) is 12.7. The average Bonchev–Trinajstić information content (AvgIpc) is 2.89. The molecule has 25 heavy (non-hydrogen) atoms. The van der Waals surface area contributed by atoms with Crippen molar-refractivity contribution in [2.45, 2.75) is 10.8 Å². The number of amides is 2. The Balaban J connectivity index is 1.78. The molecule has 0 bridgehead atoms. The molecular weight excluding hydrogens is 346 g/mol. The van der Waals surface area contributed by atoms with Gasteiger partial charge in [-0.15, -0.1) is 0 Å². The molecule has 4 N–H and O–H groups in total. The lowest BCUT2D eigenvalue weighted by atomic mass is 9.95. The van der Waals surface area contributed by atoms with E-state index in [-0.39, 0.29) is 10.6 Å². The van der Waals surface area contributed by atoms with Gasteiger partial charge in [-0.05, 0) is 35.9 Å². The second-order valence-electron chi connectivity index (χ2n) is 5.40. The van der Waals surface area contributed by atoms with Gasteiger partial charge in [0.05, 0.1) is 4.90 Å². The van der Waals surface area contributed by atoms with Crippen molar-refractivity contribution in [1.29, 1.82) is 0 Å². The van der Waals surface area contributed by atoms with E-state index in [2.05, 4.69) is 10.6 Å². The molecule has 0 spiro atoms. The second-order valence-corrected chi connectivity index (χ2v) is 6.96. The van der Waals surface area contributed by atoms with Crippen molar-refractivity contribution in [2.75, 3.05) is 10.6 Å². The average molecular weight is 359 g/mol. The molecule has 0 unspecified atom stereocenters. The topological polar surface area (TPSA) is 135 Å². The number of hydrogen-bond donors (Lipinski definition) is 3. The van der Waals surface area contributed by atoms with Crippen molar-refractivity contribution in [3.8, 4) is 0 Å². The number of carbonyl (C=O) groups excluding carboxylic acids is 3. The molecule has 1 aliphatic heterocycles. The Morgan fingerprint density at radius 2 is 1.68 bits per heavy atom. The van der Waals surface area contributed by atoms with Gasteiger partial charge in [-0.25, -0.2) is 13.6 Å². The minimum Gasteiger partial charge on any atom is -0.325 e. The molecule has 2 amide bonds. The smallest absolute Gasteiger partial charge is 0.292 e. The number of nitrogens with one attached hydrogen (secondary N) is 2. The second kappa shape index (κ2) is 6.11. The third kappa shape index (κ3) is 3.28. The zero-order chi connectivity index (χ0) is 18.2. The molecule has 1 aliphatic rings. The summed E-state index contributed by atoms with van der Waals surface area (Å²) in [6, 6.07) is 11.6. The normalized spacial score (nSPS) is 16.0. The van der Waals surface area contributed by atoms with Crippen molar-refractivity contribution in [1.82, 2.24) is 0 Å². The molecule has 0 fully saturated rings. The van der Waals surface area contributed by atoms with E-state index in [1.807, 2.05) is 0 Å². The molecule has 0 saturated heterocycles. The molecule has 2 aromatic carbocycles. The maximum atomic E-state index is 12.4. The number of nitrogens with two attached hydrogens (primary N) is 1. The zero-order valence-corrected chi connectivity index (χ0v) is 13.5. The molecule has 8 nitrogen and oxygen atoms in total. The van der Waals surface area contributed by atoms with Crippen LogP contribution in [0.1, 0.15) is 11.5 Å². The fourth-order valence-corrected chi connectivity index (χ4v) is 3.04. The quantitative estimate of drug-likeness (QED) is 0.542. The summed E-state index contributed by atoms with van der Waals surface area (Å²) in [4.78, 5) is 36.4. The van der Waals surface area contributed by atoms with E-state index < -0.39 is 33.5 Å².